The van der Waals surface area contributed by atoms with Gasteiger partial charge in [0.15, 0.2) is 5.69 Å². The summed E-state index contributed by atoms with van der Waals surface area (Å²) in [5.41, 5.74) is 1.24. The number of amides is 1. The first-order valence-corrected chi connectivity index (χ1v) is 6.36. The molecule has 0 aliphatic heterocycles. The van der Waals surface area contributed by atoms with Gasteiger partial charge in [-0.2, -0.15) is 5.10 Å². The molecule has 1 amide bonds. The third-order valence-electron chi connectivity index (χ3n) is 3.18. The molecule has 0 fully saturated rings. The summed E-state index contributed by atoms with van der Waals surface area (Å²) in [4.78, 5) is 25.3. The fraction of sp³-hybridized carbons (Fsp3) is 0.357. The molecule has 0 saturated heterocycles. The quantitative estimate of drug-likeness (QED) is 0.787. The predicted molar refractivity (Wildman–Crippen MR) is 74.3 cm³/mol. The maximum atomic E-state index is 12.5. The van der Waals surface area contributed by atoms with E-state index in [-0.39, 0.29) is 12.5 Å². The minimum absolute atomic E-state index is 0.0727. The molecule has 1 aromatic heterocycles. The van der Waals surface area contributed by atoms with Gasteiger partial charge in [0.1, 0.15) is 6.54 Å². The Kier molecular flexibility index (Phi) is 4.02. The van der Waals surface area contributed by atoms with E-state index in [9.17, 15) is 9.59 Å². The van der Waals surface area contributed by atoms with E-state index in [4.69, 9.17) is 0 Å². The number of hydrogen-bond donors (Lipinski definition) is 0. The van der Waals surface area contributed by atoms with Gasteiger partial charge in [-0.05, 0) is 13.0 Å². The molecule has 0 N–H and O–H groups in total. The van der Waals surface area contributed by atoms with E-state index in [1.165, 1.54) is 12.0 Å². The van der Waals surface area contributed by atoms with E-state index < -0.39 is 5.97 Å². The lowest BCUT2D eigenvalue weighted by Gasteiger charge is -2.18. The Morgan fingerprint density at radius 1 is 1.35 bits per heavy atom. The van der Waals surface area contributed by atoms with Gasteiger partial charge in [-0.25, -0.2) is 0 Å². The van der Waals surface area contributed by atoms with Crippen molar-refractivity contribution in [2.45, 2.75) is 6.92 Å². The highest BCUT2D eigenvalue weighted by atomic mass is 16.5. The van der Waals surface area contributed by atoms with Crippen LogP contribution in [0.15, 0.2) is 24.3 Å². The van der Waals surface area contributed by atoms with E-state index in [2.05, 4.69) is 9.84 Å². The molecule has 2 aromatic rings. The van der Waals surface area contributed by atoms with Gasteiger partial charge in [0, 0.05) is 19.0 Å². The predicted octanol–water partition coefficient (Wildman–Crippen LogP) is 1.21. The summed E-state index contributed by atoms with van der Waals surface area (Å²) in [5.74, 6) is -0.713. The number of aromatic nitrogens is 2. The van der Waals surface area contributed by atoms with E-state index in [1.54, 1.807) is 11.7 Å². The fourth-order valence-electron chi connectivity index (χ4n) is 2.07. The summed E-state index contributed by atoms with van der Waals surface area (Å²) in [5, 5.41) is 5.05. The first-order chi connectivity index (χ1) is 9.58. The Bertz CT molecular complexity index is 648. The molecular formula is C14H17N3O3. The number of esters is 1. The summed E-state index contributed by atoms with van der Waals surface area (Å²) in [6.07, 6.45) is 0. The first-order valence-electron chi connectivity index (χ1n) is 6.36. The molecule has 20 heavy (non-hydrogen) atoms. The van der Waals surface area contributed by atoms with Crippen LogP contribution in [0.2, 0.25) is 0 Å². The van der Waals surface area contributed by atoms with Crippen molar-refractivity contribution in [1.29, 1.82) is 0 Å². The minimum Gasteiger partial charge on any atom is -0.468 e. The average molecular weight is 275 g/mol. The number of para-hydroxylation sites is 1. The fourth-order valence-corrected chi connectivity index (χ4v) is 2.07. The number of rotatable bonds is 4. The van der Waals surface area contributed by atoms with Crippen molar-refractivity contribution in [1.82, 2.24) is 14.7 Å². The van der Waals surface area contributed by atoms with Crippen molar-refractivity contribution < 1.29 is 14.3 Å². The van der Waals surface area contributed by atoms with Crippen LogP contribution < -0.4 is 0 Å². The summed E-state index contributed by atoms with van der Waals surface area (Å²) >= 11 is 0. The number of nitrogens with zero attached hydrogens (tertiary/aromatic N) is 3. The molecule has 1 aromatic carbocycles. The highest BCUT2D eigenvalue weighted by Gasteiger charge is 2.22. The largest absolute Gasteiger partial charge is 0.468 e. The third-order valence-corrected chi connectivity index (χ3v) is 3.18. The summed E-state index contributed by atoms with van der Waals surface area (Å²) in [6.45, 7) is 2.15. The van der Waals surface area contributed by atoms with E-state index in [1.807, 2.05) is 31.2 Å². The number of fused-ring (bicyclic) bond motifs is 1. The zero-order valence-corrected chi connectivity index (χ0v) is 11.8. The first kappa shape index (κ1) is 14.0. The number of carbonyl (C=O) groups excluding carboxylic acids is 2. The van der Waals surface area contributed by atoms with Crippen molar-refractivity contribution >= 4 is 22.8 Å². The Morgan fingerprint density at radius 3 is 2.70 bits per heavy atom. The second-order valence-corrected chi connectivity index (χ2v) is 4.38. The van der Waals surface area contributed by atoms with Gasteiger partial charge in [0.05, 0.1) is 12.6 Å². The second kappa shape index (κ2) is 5.73. The highest BCUT2D eigenvalue weighted by Crippen LogP contribution is 2.18. The van der Waals surface area contributed by atoms with Crippen molar-refractivity contribution in [2.24, 2.45) is 7.05 Å². The van der Waals surface area contributed by atoms with Gasteiger partial charge in [-0.15, -0.1) is 0 Å². The molecule has 0 aliphatic rings. The lowest BCUT2D eigenvalue weighted by molar-refractivity contribution is -0.141. The Hall–Kier alpha value is -2.37. The maximum Gasteiger partial charge on any atom is 0.325 e. The topological polar surface area (TPSA) is 64.4 Å². The lowest BCUT2D eigenvalue weighted by atomic mass is 10.2. The maximum absolute atomic E-state index is 12.5. The van der Waals surface area contributed by atoms with Gasteiger partial charge >= 0.3 is 5.97 Å². The second-order valence-electron chi connectivity index (χ2n) is 4.38. The molecule has 6 nitrogen and oxygen atoms in total. The Balaban J connectivity index is 2.37. The number of methoxy groups -OCH3 is 1. The van der Waals surface area contributed by atoms with Crippen LogP contribution >= 0.6 is 0 Å². The Labute approximate surface area is 116 Å². The summed E-state index contributed by atoms with van der Waals surface area (Å²) in [7, 11) is 3.09. The van der Waals surface area contributed by atoms with Gasteiger partial charge in [0.2, 0.25) is 0 Å². The van der Waals surface area contributed by atoms with Gasteiger partial charge in [0.25, 0.3) is 5.91 Å². The van der Waals surface area contributed by atoms with Crippen molar-refractivity contribution in [3.8, 4) is 0 Å². The third kappa shape index (κ3) is 2.49. The van der Waals surface area contributed by atoms with Crippen molar-refractivity contribution in [3.05, 3.63) is 30.0 Å². The molecule has 0 unspecified atom stereocenters. The number of benzene rings is 1. The zero-order valence-electron chi connectivity index (χ0n) is 11.8. The summed E-state index contributed by atoms with van der Waals surface area (Å²) < 4.78 is 6.26. The molecule has 0 aliphatic carbocycles. The Morgan fingerprint density at radius 2 is 2.05 bits per heavy atom. The molecule has 6 heteroatoms. The van der Waals surface area contributed by atoms with E-state index in [0.717, 1.165) is 10.9 Å². The molecule has 106 valence electrons. The average Bonchev–Trinajstić information content (AvgIpc) is 2.81. The lowest BCUT2D eigenvalue weighted by Crippen LogP contribution is -2.36. The van der Waals surface area contributed by atoms with Crippen LogP contribution in [-0.4, -0.2) is 46.8 Å². The standard InChI is InChI=1S/C14H17N3O3/c1-4-17(9-12(18)20-3)14(19)13-10-7-5-6-8-11(10)16(2)15-13/h5-8H,4,9H2,1-3H3. The van der Waals surface area contributed by atoms with Crippen LogP contribution in [0.1, 0.15) is 17.4 Å². The van der Waals surface area contributed by atoms with Crippen LogP contribution in [0.5, 0.6) is 0 Å². The van der Waals surface area contributed by atoms with Crippen molar-refractivity contribution in [3.63, 3.8) is 0 Å². The van der Waals surface area contributed by atoms with E-state index >= 15 is 0 Å². The molecule has 0 atom stereocenters. The molecule has 2 rings (SSSR count). The van der Waals surface area contributed by atoms with Crippen LogP contribution in [-0.2, 0) is 16.6 Å². The van der Waals surface area contributed by atoms with Crippen LogP contribution in [0.25, 0.3) is 10.9 Å². The SMILES string of the molecule is CCN(CC(=O)OC)C(=O)c1nn(C)c2ccccc12. The number of likely N-dealkylation sites (N-methyl/N-ethyl adjacent to an activating group) is 1. The highest BCUT2D eigenvalue weighted by molar-refractivity contribution is 6.05. The molecule has 0 saturated carbocycles. The summed E-state index contributed by atoms with van der Waals surface area (Å²) in [6, 6.07) is 7.50. The van der Waals surface area contributed by atoms with Crippen molar-refractivity contribution in [2.75, 3.05) is 20.2 Å². The minimum atomic E-state index is -0.444. The number of hydrogen-bond acceptors (Lipinski definition) is 4. The molecule has 0 spiro atoms. The number of ether oxygens (including phenoxy) is 1. The molecule has 1 heterocycles. The molecule has 0 bridgehead atoms. The van der Waals surface area contributed by atoms with Crippen LogP contribution in [0, 0.1) is 0 Å². The van der Waals surface area contributed by atoms with E-state index in [0.29, 0.717) is 12.2 Å². The molecule has 0 radical (unpaired) electrons. The van der Waals surface area contributed by atoms with Gasteiger partial charge < -0.3 is 9.64 Å². The van der Waals surface area contributed by atoms with Crippen LogP contribution in [0.3, 0.4) is 0 Å². The van der Waals surface area contributed by atoms with Crippen LogP contribution in [0.4, 0.5) is 0 Å². The normalized spacial score (nSPS) is 10.6. The monoisotopic (exact) mass is 275 g/mol. The zero-order chi connectivity index (χ0) is 14.7. The molecular weight excluding hydrogens is 258 g/mol. The van der Waals surface area contributed by atoms with Gasteiger partial charge in [-0.3, -0.25) is 14.3 Å². The number of aryl methyl sites for hydroxylation is 1. The van der Waals surface area contributed by atoms with Gasteiger partial charge in [-0.1, -0.05) is 18.2 Å². The number of carbonyl (C=O) groups is 2. The smallest absolute Gasteiger partial charge is 0.325 e.